The molecule has 2 N–H and O–H groups in total. The van der Waals surface area contributed by atoms with E-state index < -0.39 is 0 Å². The highest BCUT2D eigenvalue weighted by Crippen LogP contribution is 1.78. The number of rotatable bonds is 7. The molecule has 0 aliphatic rings. The fourth-order valence-corrected chi connectivity index (χ4v) is 0.634. The zero-order chi connectivity index (χ0) is 7.66. The Morgan fingerprint density at radius 1 is 1.18 bits per heavy atom. The standard InChI is InChI=1S/C7H17NO2.ClH/c1-8-4-3-5-10-7-6-9-2;/h8H,3-7H2,1-2H3;1H. The first kappa shape index (κ1) is 13.7. The van der Waals surface area contributed by atoms with Crippen LogP contribution in [0.4, 0.5) is 0 Å². The average Bonchev–Trinajstić information content (AvgIpc) is 1.97. The Bertz CT molecular complexity index is 56.4. The normalized spacial score (nSPS) is 9.27. The number of halogens is 1. The fraction of sp³-hybridized carbons (Fsp3) is 1.00. The van der Waals surface area contributed by atoms with Crippen molar-refractivity contribution in [1.29, 1.82) is 0 Å². The largest absolute Gasteiger partial charge is 1.00 e. The van der Waals surface area contributed by atoms with Gasteiger partial charge in [-0.15, -0.1) is 0 Å². The molecule has 3 nitrogen and oxygen atoms in total. The molecule has 0 unspecified atom stereocenters. The van der Waals surface area contributed by atoms with Crippen LogP contribution in [-0.4, -0.2) is 40.5 Å². The maximum Gasteiger partial charge on any atom is 0.0775 e. The van der Waals surface area contributed by atoms with Crippen molar-refractivity contribution in [3.8, 4) is 0 Å². The molecule has 0 rings (SSSR count). The van der Waals surface area contributed by atoms with E-state index in [4.69, 9.17) is 9.47 Å². The minimum absolute atomic E-state index is 0. The van der Waals surface area contributed by atoms with Crippen molar-refractivity contribution in [3.63, 3.8) is 0 Å². The second kappa shape index (κ2) is 12.8. The lowest BCUT2D eigenvalue weighted by atomic mass is 10.4. The second-order valence-corrected chi connectivity index (χ2v) is 2.16. The highest BCUT2D eigenvalue weighted by Gasteiger charge is 1.87. The van der Waals surface area contributed by atoms with Crippen molar-refractivity contribution in [2.75, 3.05) is 40.5 Å². The molecular weight excluding hydrogens is 166 g/mol. The summed E-state index contributed by atoms with van der Waals surface area (Å²) in [7, 11) is 3.75. The van der Waals surface area contributed by atoms with Crippen molar-refractivity contribution in [3.05, 3.63) is 0 Å². The Hall–Kier alpha value is 0.170. The van der Waals surface area contributed by atoms with Crippen molar-refractivity contribution in [1.82, 2.24) is 0 Å². The van der Waals surface area contributed by atoms with Crippen molar-refractivity contribution in [2.45, 2.75) is 6.42 Å². The van der Waals surface area contributed by atoms with Crippen LogP contribution in [0.3, 0.4) is 0 Å². The minimum atomic E-state index is 0. The van der Waals surface area contributed by atoms with Crippen LogP contribution >= 0.6 is 0 Å². The Labute approximate surface area is 74.9 Å². The molecule has 0 amide bonds. The van der Waals surface area contributed by atoms with E-state index in [1.165, 1.54) is 0 Å². The topological polar surface area (TPSA) is 35.1 Å². The lowest BCUT2D eigenvalue weighted by molar-refractivity contribution is -0.627. The van der Waals surface area contributed by atoms with Gasteiger partial charge in [0.2, 0.25) is 0 Å². The zero-order valence-corrected chi connectivity index (χ0v) is 8.06. The summed E-state index contributed by atoms with van der Waals surface area (Å²) >= 11 is 0. The van der Waals surface area contributed by atoms with Gasteiger partial charge in [0.05, 0.1) is 33.4 Å². The summed E-state index contributed by atoms with van der Waals surface area (Å²) in [5.41, 5.74) is 0. The quantitative estimate of drug-likeness (QED) is 0.412. The van der Waals surface area contributed by atoms with Crippen LogP contribution < -0.4 is 17.7 Å². The van der Waals surface area contributed by atoms with Crippen LogP contribution in [0.1, 0.15) is 6.42 Å². The lowest BCUT2D eigenvalue weighted by Crippen LogP contribution is -3.00. The van der Waals surface area contributed by atoms with E-state index >= 15 is 0 Å². The van der Waals surface area contributed by atoms with Gasteiger partial charge in [-0.2, -0.15) is 0 Å². The number of hydrogen-bond acceptors (Lipinski definition) is 2. The SMILES string of the molecule is C[NH2+]CCCOCCOC.[Cl-]. The molecule has 0 saturated heterocycles. The lowest BCUT2D eigenvalue weighted by Gasteiger charge is -2.00. The van der Waals surface area contributed by atoms with Gasteiger partial charge in [-0.25, -0.2) is 0 Å². The third-order valence-corrected chi connectivity index (χ3v) is 1.21. The second-order valence-electron chi connectivity index (χ2n) is 2.16. The monoisotopic (exact) mass is 183 g/mol. The van der Waals surface area contributed by atoms with E-state index in [0.717, 1.165) is 26.2 Å². The van der Waals surface area contributed by atoms with E-state index in [1.807, 2.05) is 0 Å². The van der Waals surface area contributed by atoms with Gasteiger partial charge in [-0.1, -0.05) is 0 Å². The molecule has 0 radical (unpaired) electrons. The molecule has 0 bridgehead atoms. The maximum absolute atomic E-state index is 5.23. The molecule has 0 aliphatic carbocycles. The molecule has 0 fully saturated rings. The Morgan fingerprint density at radius 2 is 1.91 bits per heavy atom. The molecule has 0 aromatic heterocycles. The fourth-order valence-electron chi connectivity index (χ4n) is 0.634. The van der Waals surface area contributed by atoms with Gasteiger partial charge in [-0.3, -0.25) is 0 Å². The highest BCUT2D eigenvalue weighted by atomic mass is 35.5. The van der Waals surface area contributed by atoms with E-state index in [9.17, 15) is 0 Å². The smallest absolute Gasteiger partial charge is 0.0775 e. The highest BCUT2D eigenvalue weighted by molar-refractivity contribution is 4.31. The molecule has 0 heterocycles. The molecule has 11 heavy (non-hydrogen) atoms. The van der Waals surface area contributed by atoms with E-state index in [-0.39, 0.29) is 12.4 Å². The number of ether oxygens (including phenoxy) is 2. The predicted molar refractivity (Wildman–Crippen MR) is 40.0 cm³/mol. The Morgan fingerprint density at radius 3 is 2.45 bits per heavy atom. The minimum Gasteiger partial charge on any atom is -1.00 e. The molecule has 0 saturated carbocycles. The Kier molecular flexibility index (Phi) is 16.0. The maximum atomic E-state index is 5.23. The van der Waals surface area contributed by atoms with Crippen molar-refractivity contribution >= 4 is 0 Å². The van der Waals surface area contributed by atoms with Crippen LogP contribution in [0.5, 0.6) is 0 Å². The summed E-state index contributed by atoms with van der Waals surface area (Å²) in [5.74, 6) is 0. The van der Waals surface area contributed by atoms with Gasteiger partial charge in [0, 0.05) is 13.5 Å². The van der Waals surface area contributed by atoms with Crippen LogP contribution in [0, 0.1) is 0 Å². The summed E-state index contributed by atoms with van der Waals surface area (Å²) in [6, 6.07) is 0. The average molecular weight is 184 g/mol. The third-order valence-electron chi connectivity index (χ3n) is 1.21. The van der Waals surface area contributed by atoms with Crippen molar-refractivity contribution in [2.24, 2.45) is 0 Å². The molecule has 0 atom stereocenters. The van der Waals surface area contributed by atoms with Crippen LogP contribution in [0.2, 0.25) is 0 Å². The van der Waals surface area contributed by atoms with Gasteiger partial charge in [0.15, 0.2) is 0 Å². The third kappa shape index (κ3) is 13.2. The van der Waals surface area contributed by atoms with Gasteiger partial charge in [0.1, 0.15) is 0 Å². The van der Waals surface area contributed by atoms with Gasteiger partial charge >= 0.3 is 0 Å². The summed E-state index contributed by atoms with van der Waals surface area (Å²) in [5, 5.41) is 2.15. The molecule has 0 aromatic rings. The van der Waals surface area contributed by atoms with Crippen LogP contribution in [-0.2, 0) is 9.47 Å². The molecule has 0 aromatic carbocycles. The first-order chi connectivity index (χ1) is 4.91. The number of quaternary nitrogens is 1. The van der Waals surface area contributed by atoms with Gasteiger partial charge in [0.25, 0.3) is 0 Å². The van der Waals surface area contributed by atoms with E-state index in [1.54, 1.807) is 7.11 Å². The number of methoxy groups -OCH3 is 1. The van der Waals surface area contributed by atoms with Gasteiger partial charge in [-0.05, 0) is 0 Å². The molecule has 0 aliphatic heterocycles. The number of hydrogen-bond donors (Lipinski definition) is 1. The molecule has 70 valence electrons. The Balaban J connectivity index is 0. The first-order valence-corrected chi connectivity index (χ1v) is 3.76. The zero-order valence-electron chi connectivity index (χ0n) is 7.31. The van der Waals surface area contributed by atoms with Crippen LogP contribution in [0.15, 0.2) is 0 Å². The van der Waals surface area contributed by atoms with E-state index in [2.05, 4.69) is 12.4 Å². The predicted octanol–water partition coefficient (Wildman–Crippen LogP) is -3.76. The van der Waals surface area contributed by atoms with E-state index in [0.29, 0.717) is 6.61 Å². The van der Waals surface area contributed by atoms with Gasteiger partial charge < -0.3 is 27.2 Å². The molecule has 4 heteroatoms. The molecule has 0 spiro atoms. The summed E-state index contributed by atoms with van der Waals surface area (Å²) in [4.78, 5) is 0. The van der Waals surface area contributed by atoms with Crippen molar-refractivity contribution < 1.29 is 27.2 Å². The summed E-state index contributed by atoms with van der Waals surface area (Å²) in [6.45, 7) is 3.43. The summed E-state index contributed by atoms with van der Waals surface area (Å²) < 4.78 is 10.0. The number of nitrogens with two attached hydrogens (primary N) is 1. The van der Waals surface area contributed by atoms with Crippen LogP contribution in [0.25, 0.3) is 0 Å². The molecular formula is C7H18ClNO2. The summed E-state index contributed by atoms with van der Waals surface area (Å²) in [6.07, 6.45) is 1.13. The first-order valence-electron chi connectivity index (χ1n) is 3.76.